The van der Waals surface area contributed by atoms with E-state index in [9.17, 15) is 0 Å². The van der Waals surface area contributed by atoms with Gasteiger partial charge in [0.15, 0.2) is 0 Å². The molecule has 0 N–H and O–H groups in total. The molecule has 0 saturated heterocycles. The van der Waals surface area contributed by atoms with Crippen molar-refractivity contribution in [2.75, 3.05) is 18.5 Å². The molecule has 2 nitrogen and oxygen atoms in total. The van der Waals surface area contributed by atoms with Crippen LogP contribution in [0.2, 0.25) is 0 Å². The molecular weight excluding hydrogens is 184 g/mol. The summed E-state index contributed by atoms with van der Waals surface area (Å²) in [6, 6.07) is 10.3. The van der Waals surface area contributed by atoms with Gasteiger partial charge < -0.3 is 4.90 Å². The molecule has 1 aromatic heterocycles. The van der Waals surface area contributed by atoms with E-state index in [1.807, 2.05) is 18.2 Å². The monoisotopic (exact) mass is 199 g/mol. The van der Waals surface area contributed by atoms with E-state index < -0.39 is 0 Å². The number of rotatable bonds is 3. The normalized spacial score (nSPS) is 10.5. The van der Waals surface area contributed by atoms with E-state index in [2.05, 4.69) is 42.2 Å². The van der Waals surface area contributed by atoms with Crippen molar-refractivity contribution in [3.8, 4) is 0 Å². The summed E-state index contributed by atoms with van der Waals surface area (Å²) in [6.07, 6.45) is 4.21. The highest BCUT2D eigenvalue weighted by atomic mass is 15.1. The molecule has 0 bridgehead atoms. The van der Waals surface area contributed by atoms with Crippen LogP contribution in [0.3, 0.4) is 0 Å². The number of benzene rings is 1. The van der Waals surface area contributed by atoms with Crippen LogP contribution < -0.4 is 4.90 Å². The highest BCUT2D eigenvalue weighted by Gasteiger charge is 2.01. The summed E-state index contributed by atoms with van der Waals surface area (Å²) in [7, 11) is 2.08. The number of pyridine rings is 1. The Morgan fingerprint density at radius 3 is 2.93 bits per heavy atom. The fourth-order valence-electron chi connectivity index (χ4n) is 1.66. The number of para-hydroxylation sites is 1. The minimum absolute atomic E-state index is 1.01. The molecule has 0 aliphatic rings. The van der Waals surface area contributed by atoms with Crippen LogP contribution >= 0.6 is 0 Å². The molecule has 2 aromatic rings. The van der Waals surface area contributed by atoms with Crippen molar-refractivity contribution in [1.29, 1.82) is 0 Å². The molecule has 1 aromatic carbocycles. The van der Waals surface area contributed by atoms with Crippen LogP contribution in [-0.2, 0) is 0 Å². The largest absolute Gasteiger partial charge is 0.373 e. The molecule has 0 saturated carbocycles. The first-order valence-electron chi connectivity index (χ1n) is 5.30. The third-order valence-corrected chi connectivity index (χ3v) is 2.49. The zero-order chi connectivity index (χ0) is 10.7. The Hall–Kier alpha value is -1.57. The standard InChI is InChI=1S/C13H15N2/c1-3-8-15(2)12-9-11-6-4-5-7-13(11)14-10-12/h4-7,9H,3,8H2,1-2H3. The quantitative estimate of drug-likeness (QED) is 0.755. The minimum atomic E-state index is 1.01. The number of fused-ring (bicyclic) bond motifs is 1. The van der Waals surface area contributed by atoms with E-state index in [4.69, 9.17) is 0 Å². The van der Waals surface area contributed by atoms with E-state index in [0.717, 1.165) is 24.2 Å². The lowest BCUT2D eigenvalue weighted by Crippen LogP contribution is -2.17. The summed E-state index contributed by atoms with van der Waals surface area (Å²) in [4.78, 5) is 6.50. The smallest absolute Gasteiger partial charge is 0.115 e. The molecule has 0 aliphatic heterocycles. The van der Waals surface area contributed by atoms with Crippen molar-refractivity contribution >= 4 is 16.6 Å². The predicted octanol–water partition coefficient (Wildman–Crippen LogP) is 2.88. The van der Waals surface area contributed by atoms with Crippen molar-refractivity contribution in [3.63, 3.8) is 0 Å². The number of anilines is 1. The van der Waals surface area contributed by atoms with Crippen LogP contribution in [0.25, 0.3) is 10.9 Å². The molecule has 0 spiro atoms. The third-order valence-electron chi connectivity index (χ3n) is 2.49. The fraction of sp³-hybridized carbons (Fsp3) is 0.308. The molecular formula is C13H15N2. The number of aromatic nitrogens is 1. The van der Waals surface area contributed by atoms with Crippen molar-refractivity contribution < 1.29 is 0 Å². The molecule has 0 amide bonds. The second kappa shape index (κ2) is 4.30. The second-order valence-corrected chi connectivity index (χ2v) is 3.73. The van der Waals surface area contributed by atoms with E-state index >= 15 is 0 Å². The van der Waals surface area contributed by atoms with Gasteiger partial charge >= 0.3 is 0 Å². The predicted molar refractivity (Wildman–Crippen MR) is 64.1 cm³/mol. The Kier molecular flexibility index (Phi) is 2.86. The molecule has 77 valence electrons. The van der Waals surface area contributed by atoms with E-state index in [1.54, 1.807) is 0 Å². The highest BCUT2D eigenvalue weighted by Crippen LogP contribution is 2.18. The zero-order valence-electron chi connectivity index (χ0n) is 9.20. The van der Waals surface area contributed by atoms with Crippen LogP contribution in [0.15, 0.2) is 30.3 Å². The van der Waals surface area contributed by atoms with E-state index in [0.29, 0.717) is 0 Å². The lowest BCUT2D eigenvalue weighted by Gasteiger charge is -2.17. The lowest BCUT2D eigenvalue weighted by molar-refractivity contribution is 0.850. The molecule has 15 heavy (non-hydrogen) atoms. The van der Waals surface area contributed by atoms with Crippen molar-refractivity contribution in [1.82, 2.24) is 4.98 Å². The minimum Gasteiger partial charge on any atom is -0.373 e. The summed E-state index contributed by atoms with van der Waals surface area (Å²) in [5, 5.41) is 1.18. The fourth-order valence-corrected chi connectivity index (χ4v) is 1.66. The average Bonchev–Trinajstić information content (AvgIpc) is 2.29. The van der Waals surface area contributed by atoms with Gasteiger partial charge in [-0.05, 0) is 18.6 Å². The average molecular weight is 199 g/mol. The Morgan fingerprint density at radius 1 is 1.33 bits per heavy atom. The molecule has 1 radical (unpaired) electrons. The SMILES string of the molecule is CCCN(C)c1[c]nc2ccccc2c1. The van der Waals surface area contributed by atoms with Crippen molar-refractivity contribution in [2.45, 2.75) is 13.3 Å². The first kappa shape index (κ1) is 9.97. The van der Waals surface area contributed by atoms with Gasteiger partial charge in [-0.1, -0.05) is 25.1 Å². The first-order chi connectivity index (χ1) is 7.31. The molecule has 0 atom stereocenters. The van der Waals surface area contributed by atoms with Gasteiger partial charge in [0.2, 0.25) is 0 Å². The van der Waals surface area contributed by atoms with Gasteiger partial charge in [-0.3, -0.25) is 0 Å². The maximum Gasteiger partial charge on any atom is 0.115 e. The number of hydrogen-bond donors (Lipinski definition) is 0. The summed E-state index contributed by atoms with van der Waals surface area (Å²) < 4.78 is 0. The van der Waals surface area contributed by atoms with Gasteiger partial charge in [-0.25, -0.2) is 4.98 Å². The first-order valence-corrected chi connectivity index (χ1v) is 5.30. The van der Waals surface area contributed by atoms with Gasteiger partial charge in [0.25, 0.3) is 0 Å². The molecule has 2 rings (SSSR count). The number of hydrogen-bond acceptors (Lipinski definition) is 2. The topological polar surface area (TPSA) is 16.1 Å². The highest BCUT2D eigenvalue weighted by molar-refractivity contribution is 5.81. The van der Waals surface area contributed by atoms with Gasteiger partial charge in [0, 0.05) is 19.0 Å². The Labute approximate surface area is 90.6 Å². The van der Waals surface area contributed by atoms with Crippen LogP contribution in [0.4, 0.5) is 5.69 Å². The maximum absolute atomic E-state index is 4.32. The molecule has 0 fully saturated rings. The van der Waals surface area contributed by atoms with Gasteiger partial charge in [-0.2, -0.15) is 0 Å². The van der Waals surface area contributed by atoms with Gasteiger partial charge in [0.1, 0.15) is 6.20 Å². The Balaban J connectivity index is 2.38. The summed E-state index contributed by atoms with van der Waals surface area (Å²) in [5.74, 6) is 0. The van der Waals surface area contributed by atoms with E-state index in [1.165, 1.54) is 5.39 Å². The lowest BCUT2D eigenvalue weighted by atomic mass is 10.2. The molecule has 1 heterocycles. The van der Waals surface area contributed by atoms with Crippen LogP contribution in [0, 0.1) is 6.20 Å². The maximum atomic E-state index is 4.32. The summed E-state index contributed by atoms with van der Waals surface area (Å²) >= 11 is 0. The summed E-state index contributed by atoms with van der Waals surface area (Å²) in [5.41, 5.74) is 2.07. The molecule has 0 unspecified atom stereocenters. The van der Waals surface area contributed by atoms with Crippen LogP contribution in [-0.4, -0.2) is 18.6 Å². The van der Waals surface area contributed by atoms with Crippen molar-refractivity contribution in [3.05, 3.63) is 36.5 Å². The number of nitrogens with zero attached hydrogens (tertiary/aromatic N) is 2. The van der Waals surface area contributed by atoms with Crippen LogP contribution in [0.5, 0.6) is 0 Å². The van der Waals surface area contributed by atoms with Crippen LogP contribution in [0.1, 0.15) is 13.3 Å². The zero-order valence-corrected chi connectivity index (χ0v) is 9.20. The molecule has 2 heteroatoms. The van der Waals surface area contributed by atoms with Gasteiger partial charge in [0.05, 0.1) is 11.2 Å². The Morgan fingerprint density at radius 2 is 2.13 bits per heavy atom. The second-order valence-electron chi connectivity index (χ2n) is 3.73. The third kappa shape index (κ3) is 2.09. The molecule has 0 aliphatic carbocycles. The van der Waals surface area contributed by atoms with E-state index in [-0.39, 0.29) is 0 Å². The Bertz CT molecular complexity index is 451. The van der Waals surface area contributed by atoms with Gasteiger partial charge in [-0.15, -0.1) is 0 Å². The van der Waals surface area contributed by atoms with Crippen molar-refractivity contribution in [2.24, 2.45) is 0 Å². The summed E-state index contributed by atoms with van der Waals surface area (Å²) in [6.45, 7) is 3.21.